The summed E-state index contributed by atoms with van der Waals surface area (Å²) >= 11 is 0. The van der Waals surface area contributed by atoms with Crippen LogP contribution in [-0.2, 0) is 0 Å². The monoisotopic (exact) mass is 208 g/mol. The van der Waals surface area contributed by atoms with Gasteiger partial charge in [0.05, 0.1) is 0 Å². The molecule has 1 N–H and O–H groups in total. The first-order valence-corrected chi connectivity index (χ1v) is 5.37. The van der Waals surface area contributed by atoms with E-state index in [1.165, 1.54) is 5.56 Å². The Bertz CT molecular complexity index is 683. The van der Waals surface area contributed by atoms with Gasteiger partial charge in [0.2, 0.25) is 0 Å². The van der Waals surface area contributed by atoms with Crippen LogP contribution in [0.25, 0.3) is 21.5 Å². The molecular weight excluding hydrogens is 196 g/mol. The molecule has 1 heteroatoms. The maximum Gasteiger partial charge on any atom is 0.131 e. The molecule has 1 nitrogen and oxygen atoms in total. The van der Waals surface area contributed by atoms with Gasteiger partial charge in [-0.1, -0.05) is 48.0 Å². The van der Waals surface area contributed by atoms with Crippen LogP contribution in [0.1, 0.15) is 5.56 Å². The molecule has 0 unspecified atom stereocenters. The zero-order chi connectivity index (χ0) is 11.1. The average molecular weight is 208 g/mol. The molecule has 0 amide bonds. The van der Waals surface area contributed by atoms with Crippen molar-refractivity contribution in [2.24, 2.45) is 0 Å². The highest BCUT2D eigenvalue weighted by Crippen LogP contribution is 2.33. The smallest absolute Gasteiger partial charge is 0.131 e. The summed E-state index contributed by atoms with van der Waals surface area (Å²) in [5, 5.41) is 14.2. The van der Waals surface area contributed by atoms with Gasteiger partial charge in [0, 0.05) is 10.8 Å². The lowest BCUT2D eigenvalue weighted by Crippen LogP contribution is -1.80. The standard InChI is InChI=1S/C15H12O/c1-10-6-7-14-12(8-10)9-11-4-2-3-5-13(11)15(14)16/h2-9,16H,1H3. The largest absolute Gasteiger partial charge is 0.507 e. The van der Waals surface area contributed by atoms with Gasteiger partial charge in [-0.25, -0.2) is 0 Å². The number of hydrogen-bond acceptors (Lipinski definition) is 1. The topological polar surface area (TPSA) is 20.2 Å². The number of phenolic OH excluding ortho intramolecular Hbond substituents is 1. The first-order chi connectivity index (χ1) is 7.75. The van der Waals surface area contributed by atoms with Crippen molar-refractivity contribution in [2.75, 3.05) is 0 Å². The summed E-state index contributed by atoms with van der Waals surface area (Å²) in [5.74, 6) is 0.383. The molecule has 0 saturated heterocycles. The number of aromatic hydroxyl groups is 1. The summed E-state index contributed by atoms with van der Waals surface area (Å²) in [4.78, 5) is 0. The number of phenols is 1. The summed E-state index contributed by atoms with van der Waals surface area (Å²) < 4.78 is 0. The lowest BCUT2D eigenvalue weighted by molar-refractivity contribution is 0.488. The fourth-order valence-corrected chi connectivity index (χ4v) is 2.17. The second-order valence-corrected chi connectivity index (χ2v) is 4.17. The van der Waals surface area contributed by atoms with Crippen LogP contribution in [-0.4, -0.2) is 5.11 Å². The molecule has 0 bridgehead atoms. The molecule has 0 saturated carbocycles. The third kappa shape index (κ3) is 1.25. The van der Waals surface area contributed by atoms with Crippen LogP contribution in [0, 0.1) is 6.92 Å². The van der Waals surface area contributed by atoms with Crippen LogP contribution in [0.2, 0.25) is 0 Å². The minimum absolute atomic E-state index is 0.383. The van der Waals surface area contributed by atoms with E-state index >= 15 is 0 Å². The minimum atomic E-state index is 0.383. The van der Waals surface area contributed by atoms with Gasteiger partial charge < -0.3 is 5.11 Å². The Hall–Kier alpha value is -2.02. The molecule has 3 rings (SSSR count). The lowest BCUT2D eigenvalue weighted by atomic mass is 10.0. The highest BCUT2D eigenvalue weighted by Gasteiger charge is 2.05. The van der Waals surface area contributed by atoms with Crippen molar-refractivity contribution in [3.8, 4) is 5.75 Å². The van der Waals surface area contributed by atoms with Crippen LogP contribution < -0.4 is 0 Å². The van der Waals surface area contributed by atoms with Gasteiger partial charge in [-0.15, -0.1) is 0 Å². The third-order valence-electron chi connectivity index (χ3n) is 2.99. The van der Waals surface area contributed by atoms with E-state index < -0.39 is 0 Å². The van der Waals surface area contributed by atoms with E-state index in [0.717, 1.165) is 21.5 Å². The van der Waals surface area contributed by atoms with Gasteiger partial charge in [0.25, 0.3) is 0 Å². The lowest BCUT2D eigenvalue weighted by Gasteiger charge is -2.06. The van der Waals surface area contributed by atoms with E-state index in [-0.39, 0.29) is 0 Å². The zero-order valence-electron chi connectivity index (χ0n) is 9.07. The Kier molecular flexibility index (Phi) is 1.87. The first-order valence-electron chi connectivity index (χ1n) is 5.37. The summed E-state index contributed by atoms with van der Waals surface area (Å²) in [6.07, 6.45) is 0. The highest BCUT2D eigenvalue weighted by molar-refractivity contribution is 6.05. The van der Waals surface area contributed by atoms with Crippen molar-refractivity contribution < 1.29 is 5.11 Å². The Morgan fingerprint density at radius 2 is 1.56 bits per heavy atom. The Balaban J connectivity index is 2.55. The SMILES string of the molecule is Cc1ccc2c(O)c3ccccc3cc2c1. The van der Waals surface area contributed by atoms with E-state index in [9.17, 15) is 5.11 Å². The maximum absolute atomic E-state index is 10.2. The number of hydrogen-bond donors (Lipinski definition) is 1. The molecule has 0 fully saturated rings. The fraction of sp³-hybridized carbons (Fsp3) is 0.0667. The normalized spacial score (nSPS) is 11.1. The van der Waals surface area contributed by atoms with Crippen molar-refractivity contribution in [3.63, 3.8) is 0 Å². The first kappa shape index (κ1) is 9.22. The van der Waals surface area contributed by atoms with Crippen molar-refractivity contribution in [1.29, 1.82) is 0 Å². The Labute approximate surface area is 94.0 Å². The summed E-state index contributed by atoms with van der Waals surface area (Å²) in [6, 6.07) is 16.1. The molecule has 0 aromatic heterocycles. The van der Waals surface area contributed by atoms with Gasteiger partial charge in [-0.3, -0.25) is 0 Å². The summed E-state index contributed by atoms with van der Waals surface area (Å²) in [6.45, 7) is 2.06. The third-order valence-corrected chi connectivity index (χ3v) is 2.99. The minimum Gasteiger partial charge on any atom is -0.507 e. The molecule has 16 heavy (non-hydrogen) atoms. The number of fused-ring (bicyclic) bond motifs is 2. The molecule has 78 valence electrons. The van der Waals surface area contributed by atoms with Gasteiger partial charge >= 0.3 is 0 Å². The van der Waals surface area contributed by atoms with Crippen LogP contribution >= 0.6 is 0 Å². The van der Waals surface area contributed by atoms with E-state index in [1.54, 1.807) is 0 Å². The summed E-state index contributed by atoms with van der Waals surface area (Å²) in [5.41, 5.74) is 1.21. The number of rotatable bonds is 0. The Morgan fingerprint density at radius 3 is 2.44 bits per heavy atom. The second kappa shape index (κ2) is 3.24. The predicted molar refractivity (Wildman–Crippen MR) is 67.9 cm³/mol. The predicted octanol–water partition coefficient (Wildman–Crippen LogP) is 4.01. The van der Waals surface area contributed by atoms with Crippen molar-refractivity contribution in [2.45, 2.75) is 6.92 Å². The molecule has 0 atom stereocenters. The molecule has 3 aromatic carbocycles. The van der Waals surface area contributed by atoms with Gasteiger partial charge in [0.15, 0.2) is 0 Å². The molecular formula is C15H12O. The van der Waals surface area contributed by atoms with E-state index in [4.69, 9.17) is 0 Å². The van der Waals surface area contributed by atoms with Crippen molar-refractivity contribution in [3.05, 3.63) is 54.1 Å². The average Bonchev–Trinajstić information content (AvgIpc) is 2.29. The molecule has 0 spiro atoms. The zero-order valence-corrected chi connectivity index (χ0v) is 9.07. The second-order valence-electron chi connectivity index (χ2n) is 4.17. The molecule has 0 aliphatic carbocycles. The number of aryl methyl sites for hydroxylation is 1. The molecule has 0 heterocycles. The summed E-state index contributed by atoms with van der Waals surface area (Å²) in [7, 11) is 0. The van der Waals surface area contributed by atoms with Crippen molar-refractivity contribution >= 4 is 21.5 Å². The fourth-order valence-electron chi connectivity index (χ4n) is 2.17. The van der Waals surface area contributed by atoms with Crippen LogP contribution in [0.5, 0.6) is 5.75 Å². The van der Waals surface area contributed by atoms with Crippen molar-refractivity contribution in [1.82, 2.24) is 0 Å². The van der Waals surface area contributed by atoms with Gasteiger partial charge in [0.1, 0.15) is 5.75 Å². The van der Waals surface area contributed by atoms with E-state index in [2.05, 4.69) is 19.1 Å². The quantitative estimate of drug-likeness (QED) is 0.553. The van der Waals surface area contributed by atoms with Gasteiger partial charge in [-0.05, 0) is 23.8 Å². The molecule has 3 aromatic rings. The van der Waals surface area contributed by atoms with Gasteiger partial charge in [-0.2, -0.15) is 0 Å². The molecule has 0 aliphatic rings. The number of benzene rings is 3. The van der Waals surface area contributed by atoms with Crippen LogP contribution in [0.15, 0.2) is 48.5 Å². The highest BCUT2D eigenvalue weighted by atomic mass is 16.3. The molecule has 0 radical (unpaired) electrons. The maximum atomic E-state index is 10.2. The van der Waals surface area contributed by atoms with E-state index in [1.807, 2.05) is 36.4 Å². The molecule has 0 aliphatic heterocycles. The Morgan fingerprint density at radius 1 is 0.812 bits per heavy atom. The van der Waals surface area contributed by atoms with E-state index in [0.29, 0.717) is 5.75 Å². The van der Waals surface area contributed by atoms with Crippen LogP contribution in [0.3, 0.4) is 0 Å². The van der Waals surface area contributed by atoms with Crippen LogP contribution in [0.4, 0.5) is 0 Å².